The first-order valence-corrected chi connectivity index (χ1v) is 19.3. The number of ether oxygens (including phenoxy) is 1. The summed E-state index contributed by atoms with van der Waals surface area (Å²) < 4.78 is 5.71. The maximum atomic E-state index is 13.2. The third-order valence-electron chi connectivity index (χ3n) is 9.13. The fourth-order valence-electron chi connectivity index (χ4n) is 6.20. The number of rotatable bonds is 30. The van der Waals surface area contributed by atoms with Crippen LogP contribution in [0.15, 0.2) is 42.6 Å². The Bertz CT molecular complexity index is 1060. The van der Waals surface area contributed by atoms with Gasteiger partial charge in [-0.3, -0.25) is 4.79 Å². The smallest absolute Gasteiger partial charge is 0.328 e. The monoisotopic (exact) mass is 637 g/mol. The second-order valence-electron chi connectivity index (χ2n) is 13.4. The van der Waals surface area contributed by atoms with E-state index in [0.29, 0.717) is 19.4 Å². The van der Waals surface area contributed by atoms with Gasteiger partial charge in [0.15, 0.2) is 0 Å². The number of carbonyl (C=O) groups excluding carboxylic acids is 2. The van der Waals surface area contributed by atoms with Crippen LogP contribution in [0.2, 0.25) is 0 Å². The van der Waals surface area contributed by atoms with Crippen molar-refractivity contribution in [2.45, 2.75) is 180 Å². The average molecular weight is 637 g/mol. The molecule has 1 atom stereocenters. The number of benzene rings is 1. The molecule has 0 saturated carbocycles. The van der Waals surface area contributed by atoms with E-state index in [-0.39, 0.29) is 11.9 Å². The summed E-state index contributed by atoms with van der Waals surface area (Å²) in [4.78, 5) is 29.3. The maximum absolute atomic E-state index is 13.2. The number of amides is 1. The van der Waals surface area contributed by atoms with Crippen molar-refractivity contribution < 1.29 is 14.3 Å². The predicted molar refractivity (Wildman–Crippen MR) is 196 cm³/mol. The van der Waals surface area contributed by atoms with Crippen LogP contribution in [0.3, 0.4) is 0 Å². The van der Waals surface area contributed by atoms with Gasteiger partial charge in [-0.2, -0.15) is 0 Å². The zero-order valence-electron chi connectivity index (χ0n) is 29.7. The number of aromatic amines is 1. The molecule has 2 rings (SSSR count). The number of nitrogens with one attached hydrogen (secondary N) is 2. The van der Waals surface area contributed by atoms with Crippen LogP contribution in [-0.2, 0) is 20.7 Å². The minimum atomic E-state index is -0.667. The van der Waals surface area contributed by atoms with Crippen molar-refractivity contribution in [2.75, 3.05) is 6.61 Å². The Morgan fingerprint density at radius 3 is 1.83 bits per heavy atom. The minimum absolute atomic E-state index is 0.0537. The third-order valence-corrected chi connectivity index (χ3v) is 9.13. The van der Waals surface area contributed by atoms with Gasteiger partial charge in [-0.1, -0.05) is 153 Å². The summed E-state index contributed by atoms with van der Waals surface area (Å²) in [6.07, 6.45) is 36.0. The molecule has 0 bridgehead atoms. The first-order chi connectivity index (χ1) is 22.7. The Hall–Kier alpha value is -2.56. The Kier molecular flexibility index (Phi) is 23.7. The lowest BCUT2D eigenvalue weighted by atomic mass is 10.0. The number of carbonyl (C=O) groups is 2. The van der Waals surface area contributed by atoms with Crippen LogP contribution in [0.5, 0.6) is 0 Å². The second kappa shape index (κ2) is 27.5. The molecule has 0 aliphatic carbocycles. The Morgan fingerprint density at radius 2 is 1.22 bits per heavy atom. The number of hydrogen-bond acceptors (Lipinski definition) is 3. The van der Waals surface area contributed by atoms with Gasteiger partial charge in [-0.15, -0.1) is 0 Å². The van der Waals surface area contributed by atoms with E-state index in [1.54, 1.807) is 0 Å². The van der Waals surface area contributed by atoms with Gasteiger partial charge in [0, 0.05) is 29.9 Å². The van der Waals surface area contributed by atoms with E-state index in [0.717, 1.165) is 42.1 Å². The van der Waals surface area contributed by atoms with E-state index in [2.05, 4.69) is 42.4 Å². The molecule has 5 nitrogen and oxygen atoms in total. The molecular weight excluding hydrogens is 568 g/mol. The normalized spacial score (nSPS) is 12.2. The van der Waals surface area contributed by atoms with E-state index in [1.165, 1.54) is 122 Å². The molecule has 0 saturated heterocycles. The molecule has 0 unspecified atom stereocenters. The number of esters is 1. The molecule has 1 aromatic heterocycles. The summed E-state index contributed by atoms with van der Waals surface area (Å²) in [5, 5.41) is 4.10. The molecule has 46 heavy (non-hydrogen) atoms. The molecule has 260 valence electrons. The molecule has 1 amide bonds. The topological polar surface area (TPSA) is 71.2 Å². The first-order valence-electron chi connectivity index (χ1n) is 19.3. The molecule has 0 aliphatic rings. The number of hydrogen-bond donors (Lipinski definition) is 2. The number of fused-ring (bicyclic) bond motifs is 1. The van der Waals surface area contributed by atoms with Crippen LogP contribution in [0.4, 0.5) is 0 Å². The number of unbranched alkanes of at least 4 members (excludes halogenated alkanes) is 20. The molecule has 0 fully saturated rings. The van der Waals surface area contributed by atoms with Gasteiger partial charge in [0.05, 0.1) is 6.61 Å². The van der Waals surface area contributed by atoms with E-state index in [4.69, 9.17) is 4.74 Å². The molecule has 0 radical (unpaired) electrons. The van der Waals surface area contributed by atoms with Crippen molar-refractivity contribution in [3.8, 4) is 0 Å². The van der Waals surface area contributed by atoms with E-state index in [1.807, 2.05) is 24.4 Å². The predicted octanol–water partition coefficient (Wildman–Crippen LogP) is 11.7. The highest BCUT2D eigenvalue weighted by Crippen LogP contribution is 2.20. The Balaban J connectivity index is 1.63. The largest absolute Gasteiger partial charge is 0.464 e. The van der Waals surface area contributed by atoms with Crippen LogP contribution in [-0.4, -0.2) is 29.5 Å². The van der Waals surface area contributed by atoms with Crippen LogP contribution >= 0.6 is 0 Å². The Labute approximate surface area is 282 Å². The fraction of sp³-hybridized carbons (Fsp3) is 0.707. The summed E-state index contributed by atoms with van der Waals surface area (Å²) in [6, 6.07) is 7.42. The van der Waals surface area contributed by atoms with Gasteiger partial charge >= 0.3 is 5.97 Å². The average Bonchev–Trinajstić information content (AvgIpc) is 3.47. The summed E-state index contributed by atoms with van der Waals surface area (Å²) >= 11 is 0. The van der Waals surface area contributed by atoms with Gasteiger partial charge in [0.25, 0.3) is 0 Å². The van der Waals surface area contributed by atoms with Gasteiger partial charge in [-0.25, -0.2) is 4.79 Å². The summed E-state index contributed by atoms with van der Waals surface area (Å²) in [5.41, 5.74) is 2.06. The quantitative estimate of drug-likeness (QED) is 0.0509. The van der Waals surface area contributed by atoms with Gasteiger partial charge in [-0.05, 0) is 50.2 Å². The fourth-order valence-corrected chi connectivity index (χ4v) is 6.20. The number of H-pyrrole nitrogens is 1. The highest BCUT2D eigenvalue weighted by Gasteiger charge is 2.24. The molecule has 2 aromatic rings. The van der Waals surface area contributed by atoms with Gasteiger partial charge in [0.2, 0.25) is 5.91 Å². The molecule has 0 aliphatic heterocycles. The van der Waals surface area contributed by atoms with E-state index >= 15 is 0 Å². The Morgan fingerprint density at radius 1 is 0.696 bits per heavy atom. The van der Waals surface area contributed by atoms with Crippen LogP contribution in [0.1, 0.15) is 174 Å². The lowest BCUT2D eigenvalue weighted by Gasteiger charge is -2.18. The van der Waals surface area contributed by atoms with Crippen molar-refractivity contribution in [1.82, 2.24) is 10.3 Å². The van der Waals surface area contributed by atoms with Gasteiger partial charge < -0.3 is 15.0 Å². The van der Waals surface area contributed by atoms with Gasteiger partial charge in [0.1, 0.15) is 6.04 Å². The highest BCUT2D eigenvalue weighted by atomic mass is 16.5. The number of aromatic nitrogens is 1. The maximum Gasteiger partial charge on any atom is 0.328 e. The standard InChI is InChI=1S/C41H68N2O3/c1-3-5-7-9-11-13-14-15-16-17-18-19-21-23-25-29-33-46-41(45)39(34-36-35-42-38-31-28-27-30-37(36)38)43-40(44)32-26-24-22-20-12-10-8-6-4-2/h15-16,27-28,30-31,35,39,42H,3-14,17-26,29,32-34H2,1-2H3,(H,43,44)/t39-/m0/s1. The zero-order valence-corrected chi connectivity index (χ0v) is 29.7. The summed E-state index contributed by atoms with van der Waals surface area (Å²) in [5.74, 6) is -0.375. The molecule has 0 spiro atoms. The van der Waals surface area contributed by atoms with Crippen molar-refractivity contribution in [3.63, 3.8) is 0 Å². The highest BCUT2D eigenvalue weighted by molar-refractivity contribution is 5.87. The molecule has 1 heterocycles. The van der Waals surface area contributed by atoms with Crippen molar-refractivity contribution in [1.29, 1.82) is 0 Å². The second-order valence-corrected chi connectivity index (χ2v) is 13.4. The number of allylic oxidation sites excluding steroid dienone is 2. The van der Waals surface area contributed by atoms with Crippen LogP contribution in [0.25, 0.3) is 10.9 Å². The SMILES string of the molecule is CCCCCCCCC=CCCCCCCCCOC(=O)[C@H](Cc1c[nH]c2ccccc12)NC(=O)CCCCCCCCCCC. The minimum Gasteiger partial charge on any atom is -0.464 e. The number of para-hydroxylation sites is 1. The third kappa shape index (κ3) is 19.2. The molecular formula is C41H68N2O3. The summed E-state index contributed by atoms with van der Waals surface area (Å²) in [7, 11) is 0. The van der Waals surface area contributed by atoms with Crippen molar-refractivity contribution >= 4 is 22.8 Å². The first kappa shape index (κ1) is 39.6. The summed E-state index contributed by atoms with van der Waals surface area (Å²) in [6.45, 7) is 4.93. The molecule has 1 aromatic carbocycles. The van der Waals surface area contributed by atoms with Crippen molar-refractivity contribution in [2.24, 2.45) is 0 Å². The van der Waals surface area contributed by atoms with E-state index in [9.17, 15) is 9.59 Å². The lowest BCUT2D eigenvalue weighted by molar-refractivity contribution is -0.148. The van der Waals surface area contributed by atoms with Crippen molar-refractivity contribution in [3.05, 3.63) is 48.2 Å². The van der Waals surface area contributed by atoms with Crippen LogP contribution in [0, 0.1) is 0 Å². The zero-order chi connectivity index (χ0) is 32.9. The molecule has 5 heteroatoms. The van der Waals surface area contributed by atoms with Crippen LogP contribution < -0.4 is 5.32 Å². The lowest BCUT2D eigenvalue weighted by Crippen LogP contribution is -2.43. The van der Waals surface area contributed by atoms with E-state index < -0.39 is 6.04 Å². The molecule has 2 N–H and O–H groups in total.